The molecule has 0 saturated heterocycles. The molecule has 2 aliphatic carbocycles. The zero-order valence-corrected chi connectivity index (χ0v) is 22.1. The molecule has 0 heterocycles. The number of hydrogen-bond donors (Lipinski definition) is 0. The number of benzene rings is 3. The molecule has 0 aliphatic heterocycles. The fourth-order valence-electron chi connectivity index (χ4n) is 8.03. The Hall–Kier alpha value is -2.05. The molecule has 0 nitrogen and oxygen atoms in total. The summed E-state index contributed by atoms with van der Waals surface area (Å²) < 4.78 is 0. The van der Waals surface area contributed by atoms with E-state index in [1.54, 1.807) is 0 Å². The molecule has 0 bridgehead atoms. The van der Waals surface area contributed by atoms with Gasteiger partial charge in [0.05, 0.1) is 0 Å². The minimum absolute atomic E-state index is 0.0145. The fourth-order valence-corrected chi connectivity index (χ4v) is 8.36. The van der Waals surface area contributed by atoms with E-state index in [4.69, 9.17) is 11.6 Å². The molecule has 0 radical (unpaired) electrons. The van der Waals surface area contributed by atoms with E-state index < -0.39 is 0 Å². The summed E-state index contributed by atoms with van der Waals surface area (Å²) in [6.07, 6.45) is 0. The molecule has 1 heteroatoms. The van der Waals surface area contributed by atoms with Crippen LogP contribution in [0.25, 0.3) is 22.3 Å². The molecule has 3 aromatic rings. The van der Waals surface area contributed by atoms with E-state index in [1.807, 2.05) is 0 Å². The summed E-state index contributed by atoms with van der Waals surface area (Å²) >= 11 is 7.00. The Bertz CT molecular complexity index is 1230. The van der Waals surface area contributed by atoms with Crippen molar-refractivity contribution in [2.24, 2.45) is 23.7 Å². The van der Waals surface area contributed by atoms with E-state index in [0.717, 1.165) is 5.02 Å². The van der Waals surface area contributed by atoms with Crippen molar-refractivity contribution in [1.82, 2.24) is 0 Å². The summed E-state index contributed by atoms with van der Waals surface area (Å²) in [5, 5.41) is 0.908. The van der Waals surface area contributed by atoms with Crippen molar-refractivity contribution in [3.63, 3.8) is 0 Å². The Kier molecular flexibility index (Phi) is 5.15. The van der Waals surface area contributed by atoms with Gasteiger partial charge >= 0.3 is 0 Å². The van der Waals surface area contributed by atoms with Gasteiger partial charge in [0.15, 0.2) is 0 Å². The van der Waals surface area contributed by atoms with E-state index in [1.165, 1.54) is 44.5 Å². The molecule has 33 heavy (non-hydrogen) atoms. The first-order valence-electron chi connectivity index (χ1n) is 12.7. The highest BCUT2D eigenvalue weighted by Gasteiger charge is 2.53. The maximum Gasteiger partial charge on any atom is 0.0453 e. The molecule has 172 valence electrons. The summed E-state index contributed by atoms with van der Waals surface area (Å²) in [6.45, 7) is 19.1. The van der Waals surface area contributed by atoms with E-state index in [-0.39, 0.29) is 10.8 Å². The lowest BCUT2D eigenvalue weighted by Crippen LogP contribution is -2.38. The average molecular weight is 457 g/mol. The van der Waals surface area contributed by atoms with Crippen LogP contribution in [0, 0.1) is 23.7 Å². The molecule has 0 atom stereocenters. The third-order valence-electron chi connectivity index (χ3n) is 9.07. The second-order valence-electron chi connectivity index (χ2n) is 11.5. The Morgan fingerprint density at radius 2 is 1.00 bits per heavy atom. The third-order valence-corrected chi connectivity index (χ3v) is 9.39. The highest BCUT2D eigenvalue weighted by molar-refractivity contribution is 6.32. The highest BCUT2D eigenvalue weighted by Crippen LogP contribution is 2.63. The van der Waals surface area contributed by atoms with Crippen molar-refractivity contribution in [2.45, 2.75) is 66.2 Å². The quantitative estimate of drug-likeness (QED) is 0.366. The number of rotatable bonds is 4. The number of halogens is 1. The van der Waals surface area contributed by atoms with Gasteiger partial charge in [0, 0.05) is 15.9 Å². The lowest BCUT2D eigenvalue weighted by Gasteiger charge is -2.42. The van der Waals surface area contributed by atoms with Gasteiger partial charge in [-0.1, -0.05) is 103 Å². The lowest BCUT2D eigenvalue weighted by molar-refractivity contribution is 0.277. The van der Waals surface area contributed by atoms with Crippen LogP contribution >= 0.6 is 11.6 Å². The van der Waals surface area contributed by atoms with Crippen LogP contribution in [-0.4, -0.2) is 0 Å². The van der Waals surface area contributed by atoms with Crippen LogP contribution in [0.2, 0.25) is 5.02 Å². The molecule has 0 N–H and O–H groups in total. The maximum atomic E-state index is 7.00. The van der Waals surface area contributed by atoms with E-state index in [9.17, 15) is 0 Å². The minimum atomic E-state index is -0.0894. The summed E-state index contributed by atoms with van der Waals surface area (Å²) in [7, 11) is 0. The molecule has 0 spiro atoms. The van der Waals surface area contributed by atoms with Gasteiger partial charge in [0.1, 0.15) is 0 Å². The minimum Gasteiger partial charge on any atom is -0.0840 e. The summed E-state index contributed by atoms with van der Waals surface area (Å²) in [5.41, 5.74) is 11.3. The van der Waals surface area contributed by atoms with Crippen LogP contribution in [0.4, 0.5) is 0 Å². The summed E-state index contributed by atoms with van der Waals surface area (Å²) in [4.78, 5) is 0. The highest BCUT2D eigenvalue weighted by atomic mass is 35.5. The van der Waals surface area contributed by atoms with Crippen molar-refractivity contribution < 1.29 is 0 Å². The zero-order valence-electron chi connectivity index (χ0n) is 21.4. The molecule has 0 unspecified atom stereocenters. The van der Waals surface area contributed by atoms with Crippen molar-refractivity contribution >= 4 is 11.6 Å². The van der Waals surface area contributed by atoms with E-state index in [2.05, 4.69) is 110 Å². The molecule has 2 aliphatic rings. The van der Waals surface area contributed by atoms with Gasteiger partial charge < -0.3 is 0 Å². The standard InChI is InChI=1S/C32H37Cl/c1-18(2)31(19(3)4)26-14-10-9-12-22(26)24-16-28-25(17-27(24)31)23-13-11-15-29(33)30(23)32(28,20(5)6)21(7)8/h9-21H,1-8H3. The van der Waals surface area contributed by atoms with Crippen LogP contribution in [0.1, 0.15) is 77.6 Å². The third kappa shape index (κ3) is 2.60. The van der Waals surface area contributed by atoms with Gasteiger partial charge in [0.2, 0.25) is 0 Å². The van der Waals surface area contributed by atoms with E-state index >= 15 is 0 Å². The summed E-state index contributed by atoms with van der Waals surface area (Å²) in [6, 6.07) is 20.8. The maximum absolute atomic E-state index is 7.00. The van der Waals surface area contributed by atoms with Gasteiger partial charge in [-0.05, 0) is 86.4 Å². The Morgan fingerprint density at radius 1 is 0.515 bits per heavy atom. The van der Waals surface area contributed by atoms with Gasteiger partial charge in [-0.15, -0.1) is 0 Å². The van der Waals surface area contributed by atoms with Gasteiger partial charge in [-0.3, -0.25) is 0 Å². The molecular weight excluding hydrogens is 420 g/mol. The Balaban J connectivity index is 1.96. The van der Waals surface area contributed by atoms with E-state index in [0.29, 0.717) is 23.7 Å². The normalized spacial score (nSPS) is 17.0. The smallest absolute Gasteiger partial charge is 0.0453 e. The Morgan fingerprint density at radius 3 is 1.58 bits per heavy atom. The predicted molar refractivity (Wildman–Crippen MR) is 143 cm³/mol. The average Bonchev–Trinajstić information content (AvgIpc) is 3.22. The molecule has 0 amide bonds. The second-order valence-corrected chi connectivity index (χ2v) is 11.9. The van der Waals surface area contributed by atoms with Gasteiger partial charge in [-0.2, -0.15) is 0 Å². The number of fused-ring (bicyclic) bond motifs is 6. The predicted octanol–water partition coefficient (Wildman–Crippen LogP) is 9.50. The fraction of sp³-hybridized carbons (Fsp3) is 0.438. The first-order chi connectivity index (χ1) is 15.6. The van der Waals surface area contributed by atoms with Crippen molar-refractivity contribution in [3.05, 3.63) is 81.9 Å². The molecular formula is C32H37Cl. The SMILES string of the molecule is CC(C)C1(C(C)C)c2ccccc2-c2cc3c(cc21)-c1cccc(Cl)c1C3(C(C)C)C(C)C. The second kappa shape index (κ2) is 7.47. The van der Waals surface area contributed by atoms with Crippen LogP contribution in [-0.2, 0) is 10.8 Å². The van der Waals surface area contributed by atoms with Gasteiger partial charge in [0.25, 0.3) is 0 Å². The van der Waals surface area contributed by atoms with Crippen LogP contribution in [0.3, 0.4) is 0 Å². The first-order valence-corrected chi connectivity index (χ1v) is 13.1. The number of hydrogen-bond acceptors (Lipinski definition) is 0. The largest absolute Gasteiger partial charge is 0.0840 e. The van der Waals surface area contributed by atoms with Crippen molar-refractivity contribution in [1.29, 1.82) is 0 Å². The molecule has 0 fully saturated rings. The van der Waals surface area contributed by atoms with Crippen LogP contribution in [0.5, 0.6) is 0 Å². The molecule has 3 aromatic carbocycles. The summed E-state index contributed by atoms with van der Waals surface area (Å²) in [5.74, 6) is 1.87. The van der Waals surface area contributed by atoms with Crippen LogP contribution < -0.4 is 0 Å². The topological polar surface area (TPSA) is 0 Å². The Labute approximate surface area is 205 Å². The molecule has 0 aromatic heterocycles. The zero-order chi connectivity index (χ0) is 23.9. The first kappa shape index (κ1) is 22.7. The van der Waals surface area contributed by atoms with Crippen molar-refractivity contribution in [2.75, 3.05) is 0 Å². The molecule has 0 saturated carbocycles. The van der Waals surface area contributed by atoms with Crippen molar-refractivity contribution in [3.8, 4) is 22.3 Å². The lowest BCUT2D eigenvalue weighted by atomic mass is 9.61. The monoisotopic (exact) mass is 456 g/mol. The van der Waals surface area contributed by atoms with Crippen LogP contribution in [0.15, 0.2) is 54.6 Å². The van der Waals surface area contributed by atoms with Gasteiger partial charge in [-0.25, -0.2) is 0 Å². The molecule has 5 rings (SSSR count).